The second-order valence-corrected chi connectivity index (χ2v) is 4.75. The Morgan fingerprint density at radius 3 is 2.43 bits per heavy atom. The largest absolute Gasteiger partial charge is 0.481 e. The number of carboxylic acids is 1. The highest BCUT2D eigenvalue weighted by molar-refractivity contribution is 6.03. The minimum atomic E-state index is -0.980. The number of benzene rings is 1. The summed E-state index contributed by atoms with van der Waals surface area (Å²) >= 11 is 0. The highest BCUT2D eigenvalue weighted by atomic mass is 16.5. The molecule has 1 aromatic carbocycles. The summed E-state index contributed by atoms with van der Waals surface area (Å²) in [5.41, 5.74) is 1.03. The SMILES string of the molecule is Cc1cc(C(=O)Nc2ccc(C(=O)NCCC(=O)O)cc2)no1. The van der Waals surface area contributed by atoms with Crippen LogP contribution in [-0.2, 0) is 4.79 Å². The van der Waals surface area contributed by atoms with Crippen molar-refractivity contribution in [3.63, 3.8) is 0 Å². The fraction of sp³-hybridized carbons (Fsp3) is 0.200. The molecule has 0 atom stereocenters. The minimum absolute atomic E-state index is 0.0537. The number of nitrogens with zero attached hydrogens (tertiary/aromatic N) is 1. The van der Waals surface area contributed by atoms with Crippen LogP contribution in [0.1, 0.15) is 33.0 Å². The number of hydrogen-bond acceptors (Lipinski definition) is 5. The van der Waals surface area contributed by atoms with E-state index in [-0.39, 0.29) is 24.6 Å². The number of aromatic nitrogens is 1. The molecule has 2 rings (SSSR count). The Morgan fingerprint density at radius 1 is 1.17 bits per heavy atom. The molecule has 3 N–H and O–H groups in total. The average molecular weight is 317 g/mol. The van der Waals surface area contributed by atoms with Crippen LogP contribution >= 0.6 is 0 Å². The van der Waals surface area contributed by atoms with Crippen molar-refractivity contribution in [3.8, 4) is 0 Å². The summed E-state index contributed by atoms with van der Waals surface area (Å²) in [5.74, 6) is -1.24. The third kappa shape index (κ3) is 4.67. The van der Waals surface area contributed by atoms with Gasteiger partial charge in [0.15, 0.2) is 5.69 Å². The van der Waals surface area contributed by atoms with E-state index in [1.54, 1.807) is 19.1 Å². The van der Waals surface area contributed by atoms with E-state index in [1.807, 2.05) is 0 Å². The minimum Gasteiger partial charge on any atom is -0.481 e. The van der Waals surface area contributed by atoms with Crippen molar-refractivity contribution in [3.05, 3.63) is 47.3 Å². The van der Waals surface area contributed by atoms with Gasteiger partial charge in [0, 0.05) is 23.9 Å². The van der Waals surface area contributed by atoms with E-state index in [0.717, 1.165) is 0 Å². The summed E-state index contributed by atoms with van der Waals surface area (Å²) in [6.07, 6.45) is -0.142. The first-order valence-corrected chi connectivity index (χ1v) is 6.80. The standard InChI is InChI=1S/C15H15N3O5/c1-9-8-12(18-23-9)15(22)17-11-4-2-10(3-5-11)14(21)16-7-6-13(19)20/h2-5,8H,6-7H2,1H3,(H,16,21)(H,17,22)(H,19,20). The van der Waals surface area contributed by atoms with Crippen LogP contribution in [0, 0.1) is 6.92 Å². The zero-order chi connectivity index (χ0) is 16.8. The number of amides is 2. The molecule has 8 nitrogen and oxygen atoms in total. The molecule has 0 saturated heterocycles. The molecule has 0 fully saturated rings. The molecule has 0 radical (unpaired) electrons. The number of carboxylic acid groups (broad SMARTS) is 1. The van der Waals surface area contributed by atoms with Gasteiger partial charge in [0.1, 0.15) is 5.76 Å². The van der Waals surface area contributed by atoms with E-state index in [2.05, 4.69) is 15.8 Å². The second-order valence-electron chi connectivity index (χ2n) is 4.75. The lowest BCUT2D eigenvalue weighted by Crippen LogP contribution is -2.25. The molecule has 0 unspecified atom stereocenters. The zero-order valence-electron chi connectivity index (χ0n) is 12.3. The molecular formula is C15H15N3O5. The van der Waals surface area contributed by atoms with Crippen molar-refractivity contribution in [2.24, 2.45) is 0 Å². The maximum Gasteiger partial charge on any atom is 0.305 e. The van der Waals surface area contributed by atoms with E-state index in [1.165, 1.54) is 18.2 Å². The third-order valence-electron chi connectivity index (χ3n) is 2.89. The smallest absolute Gasteiger partial charge is 0.305 e. The predicted octanol–water partition coefficient (Wildman–Crippen LogP) is 1.44. The number of nitrogens with one attached hydrogen (secondary N) is 2. The predicted molar refractivity (Wildman–Crippen MR) is 80.2 cm³/mol. The van der Waals surface area contributed by atoms with Gasteiger partial charge in [-0.3, -0.25) is 14.4 Å². The van der Waals surface area contributed by atoms with Gasteiger partial charge >= 0.3 is 5.97 Å². The lowest BCUT2D eigenvalue weighted by Gasteiger charge is -2.06. The molecule has 0 aliphatic rings. The number of aliphatic carboxylic acids is 1. The van der Waals surface area contributed by atoms with Crippen molar-refractivity contribution in [2.45, 2.75) is 13.3 Å². The average Bonchev–Trinajstić information content (AvgIpc) is 2.94. The van der Waals surface area contributed by atoms with Gasteiger partial charge in [0.2, 0.25) is 0 Å². The lowest BCUT2D eigenvalue weighted by molar-refractivity contribution is -0.136. The number of rotatable bonds is 6. The van der Waals surface area contributed by atoms with Crippen LogP contribution in [0.4, 0.5) is 5.69 Å². The van der Waals surface area contributed by atoms with Gasteiger partial charge < -0.3 is 20.3 Å². The summed E-state index contributed by atoms with van der Waals surface area (Å²) in [7, 11) is 0. The number of hydrogen-bond donors (Lipinski definition) is 3. The first kappa shape index (κ1) is 16.2. The molecule has 0 spiro atoms. The Balaban J connectivity index is 1.92. The van der Waals surface area contributed by atoms with Crippen LogP contribution in [0.25, 0.3) is 0 Å². The Hall–Kier alpha value is -3.16. The lowest BCUT2D eigenvalue weighted by atomic mass is 10.2. The van der Waals surface area contributed by atoms with Crippen LogP contribution in [0.2, 0.25) is 0 Å². The van der Waals surface area contributed by atoms with Gasteiger partial charge in [-0.2, -0.15) is 0 Å². The van der Waals surface area contributed by atoms with Crippen LogP contribution < -0.4 is 10.6 Å². The number of anilines is 1. The first-order chi connectivity index (χ1) is 11.0. The summed E-state index contributed by atoms with van der Waals surface area (Å²) in [4.78, 5) is 34.0. The maximum atomic E-state index is 11.9. The van der Waals surface area contributed by atoms with E-state index < -0.39 is 11.9 Å². The topological polar surface area (TPSA) is 122 Å². The fourth-order valence-corrected chi connectivity index (χ4v) is 1.76. The second kappa shape index (κ2) is 7.21. The fourth-order valence-electron chi connectivity index (χ4n) is 1.76. The molecule has 120 valence electrons. The highest BCUT2D eigenvalue weighted by Gasteiger charge is 2.11. The molecule has 2 aromatic rings. The molecule has 1 aromatic heterocycles. The highest BCUT2D eigenvalue weighted by Crippen LogP contribution is 2.11. The van der Waals surface area contributed by atoms with E-state index >= 15 is 0 Å². The van der Waals surface area contributed by atoms with Crippen molar-refractivity contribution < 1.29 is 24.0 Å². The third-order valence-corrected chi connectivity index (χ3v) is 2.89. The van der Waals surface area contributed by atoms with E-state index in [9.17, 15) is 14.4 Å². The number of aryl methyl sites for hydroxylation is 1. The summed E-state index contributed by atoms with van der Waals surface area (Å²) < 4.78 is 4.82. The van der Waals surface area contributed by atoms with Crippen molar-refractivity contribution in [1.82, 2.24) is 10.5 Å². The van der Waals surface area contributed by atoms with Gasteiger partial charge in [-0.15, -0.1) is 0 Å². The van der Waals surface area contributed by atoms with Gasteiger partial charge in [-0.25, -0.2) is 0 Å². The summed E-state index contributed by atoms with van der Waals surface area (Å²) in [5, 5.41) is 17.2. The van der Waals surface area contributed by atoms with Gasteiger partial charge in [0.05, 0.1) is 6.42 Å². The Kier molecular flexibility index (Phi) is 5.08. The summed E-state index contributed by atoms with van der Waals surface area (Å²) in [6.45, 7) is 1.74. The zero-order valence-corrected chi connectivity index (χ0v) is 12.3. The monoisotopic (exact) mass is 317 g/mol. The Bertz CT molecular complexity index is 721. The summed E-state index contributed by atoms with van der Waals surface area (Å²) in [6, 6.07) is 7.70. The normalized spacial score (nSPS) is 10.1. The van der Waals surface area contributed by atoms with Crippen LogP contribution in [-0.4, -0.2) is 34.6 Å². The Labute approximate surface area is 131 Å². The molecule has 0 aliphatic carbocycles. The van der Waals surface area contributed by atoms with Gasteiger partial charge in [-0.1, -0.05) is 5.16 Å². The molecule has 2 amide bonds. The Morgan fingerprint density at radius 2 is 1.87 bits per heavy atom. The molecule has 23 heavy (non-hydrogen) atoms. The molecule has 1 heterocycles. The molecule has 0 bridgehead atoms. The molecule has 0 saturated carbocycles. The molecule has 8 heteroatoms. The first-order valence-electron chi connectivity index (χ1n) is 6.80. The van der Waals surface area contributed by atoms with Crippen molar-refractivity contribution in [1.29, 1.82) is 0 Å². The van der Waals surface area contributed by atoms with E-state index in [4.69, 9.17) is 9.63 Å². The van der Waals surface area contributed by atoms with Crippen LogP contribution in [0.5, 0.6) is 0 Å². The maximum absolute atomic E-state index is 11.9. The molecule has 0 aliphatic heterocycles. The van der Waals surface area contributed by atoms with Crippen molar-refractivity contribution >= 4 is 23.5 Å². The van der Waals surface area contributed by atoms with Crippen LogP contribution in [0.15, 0.2) is 34.9 Å². The van der Waals surface area contributed by atoms with Crippen LogP contribution in [0.3, 0.4) is 0 Å². The molecular weight excluding hydrogens is 302 g/mol. The van der Waals surface area contributed by atoms with Gasteiger partial charge in [-0.05, 0) is 31.2 Å². The van der Waals surface area contributed by atoms with E-state index in [0.29, 0.717) is 17.0 Å². The number of carbonyl (C=O) groups is 3. The quantitative estimate of drug-likeness (QED) is 0.741. The van der Waals surface area contributed by atoms with Gasteiger partial charge in [0.25, 0.3) is 11.8 Å². The number of carbonyl (C=O) groups excluding carboxylic acids is 2. The van der Waals surface area contributed by atoms with Crippen molar-refractivity contribution in [2.75, 3.05) is 11.9 Å².